The van der Waals surface area contributed by atoms with Crippen LogP contribution in [-0.2, 0) is 9.84 Å². The van der Waals surface area contributed by atoms with Crippen molar-refractivity contribution >= 4 is 21.6 Å². The third kappa shape index (κ3) is 4.34. The van der Waals surface area contributed by atoms with Crippen LogP contribution in [0.15, 0.2) is 35.2 Å². The average molecular weight is 336 g/mol. The van der Waals surface area contributed by atoms with Crippen molar-refractivity contribution in [3.63, 3.8) is 0 Å². The molecule has 1 aliphatic rings. The zero-order chi connectivity index (χ0) is 17.0. The Hall–Kier alpha value is -1.82. The number of benzene rings is 1. The molecule has 0 bridgehead atoms. The molecule has 0 aromatic heterocycles. The van der Waals surface area contributed by atoms with E-state index in [0.29, 0.717) is 12.2 Å². The van der Waals surface area contributed by atoms with Crippen LogP contribution in [0.2, 0.25) is 0 Å². The highest BCUT2D eigenvalue weighted by Gasteiger charge is 2.24. The Balaban J connectivity index is 2.14. The Labute approximate surface area is 138 Å². The summed E-state index contributed by atoms with van der Waals surface area (Å²) in [6, 6.07) is 4.72. The topological polar surface area (TPSA) is 66.5 Å². The number of hydrogen-bond donors (Lipinski definition) is 1. The summed E-state index contributed by atoms with van der Waals surface area (Å²) in [4.78, 5) is 14.5. The monoisotopic (exact) mass is 336 g/mol. The lowest BCUT2D eigenvalue weighted by molar-refractivity contribution is 0.208. The number of carbonyl (C=O) groups is 1. The van der Waals surface area contributed by atoms with E-state index in [1.165, 1.54) is 6.07 Å². The molecule has 2 rings (SSSR count). The van der Waals surface area contributed by atoms with Crippen LogP contribution in [0, 0.1) is 6.92 Å². The van der Waals surface area contributed by atoms with Crippen LogP contribution >= 0.6 is 0 Å². The molecule has 0 radical (unpaired) electrons. The molecule has 1 N–H and O–H groups in total. The molecule has 5 nitrogen and oxygen atoms in total. The first-order valence-electron chi connectivity index (χ1n) is 7.88. The molecule has 0 fully saturated rings. The summed E-state index contributed by atoms with van der Waals surface area (Å²) in [6.45, 7) is 4.56. The normalized spacial score (nSPS) is 17.5. The van der Waals surface area contributed by atoms with Gasteiger partial charge in [-0.15, -0.1) is 0 Å². The standard InChI is InChI=1S/C17H24N2O3S/c1-4-5-7-14-8-6-11-19(14)17(20)18-16-12-15(23(3,21)22)10-9-13(16)2/h6,8-10,12,14H,4-5,7,11H2,1-3H3,(H,18,20). The molecule has 1 aliphatic heterocycles. The Kier molecular flexibility index (Phi) is 5.46. The molecule has 126 valence electrons. The van der Waals surface area contributed by atoms with Gasteiger partial charge in [0, 0.05) is 18.5 Å². The van der Waals surface area contributed by atoms with Gasteiger partial charge in [-0.1, -0.05) is 38.0 Å². The molecular weight excluding hydrogens is 312 g/mol. The summed E-state index contributed by atoms with van der Waals surface area (Å²) in [5, 5.41) is 2.85. The van der Waals surface area contributed by atoms with Crippen LogP contribution in [0.3, 0.4) is 0 Å². The van der Waals surface area contributed by atoms with Crippen LogP contribution in [0.5, 0.6) is 0 Å². The molecular formula is C17H24N2O3S. The summed E-state index contributed by atoms with van der Waals surface area (Å²) in [5.74, 6) is 0. The number of aryl methyl sites for hydroxylation is 1. The number of rotatable bonds is 5. The molecule has 1 heterocycles. The van der Waals surface area contributed by atoms with Crippen LogP contribution in [0.1, 0.15) is 31.7 Å². The highest BCUT2D eigenvalue weighted by atomic mass is 32.2. The van der Waals surface area contributed by atoms with E-state index in [9.17, 15) is 13.2 Å². The predicted molar refractivity (Wildman–Crippen MR) is 92.5 cm³/mol. The molecule has 0 aliphatic carbocycles. The van der Waals surface area contributed by atoms with Crippen molar-refractivity contribution in [3.05, 3.63) is 35.9 Å². The number of sulfone groups is 1. The smallest absolute Gasteiger partial charge is 0.314 e. The van der Waals surface area contributed by atoms with Gasteiger partial charge in [-0.25, -0.2) is 13.2 Å². The van der Waals surface area contributed by atoms with Crippen LogP contribution < -0.4 is 5.32 Å². The van der Waals surface area contributed by atoms with Gasteiger partial charge in [0.05, 0.1) is 10.9 Å². The molecule has 2 amide bonds. The fraction of sp³-hybridized carbons (Fsp3) is 0.471. The summed E-state index contributed by atoms with van der Waals surface area (Å²) in [6.07, 6.45) is 8.34. The Morgan fingerprint density at radius 1 is 1.39 bits per heavy atom. The first kappa shape index (κ1) is 17.5. The quantitative estimate of drug-likeness (QED) is 0.839. The number of hydrogen-bond acceptors (Lipinski definition) is 3. The van der Waals surface area contributed by atoms with Crippen molar-refractivity contribution < 1.29 is 13.2 Å². The fourth-order valence-corrected chi connectivity index (χ4v) is 3.27. The number of carbonyl (C=O) groups excluding carboxylic acids is 1. The molecule has 0 saturated heterocycles. The zero-order valence-electron chi connectivity index (χ0n) is 13.9. The van der Waals surface area contributed by atoms with Gasteiger partial charge < -0.3 is 10.2 Å². The number of nitrogens with zero attached hydrogens (tertiary/aromatic N) is 1. The number of urea groups is 1. The maximum absolute atomic E-state index is 12.5. The minimum Gasteiger partial charge on any atom is -0.314 e. The maximum Gasteiger partial charge on any atom is 0.322 e. The third-order valence-electron chi connectivity index (χ3n) is 4.05. The van der Waals surface area contributed by atoms with Gasteiger partial charge in [-0.05, 0) is 31.0 Å². The largest absolute Gasteiger partial charge is 0.322 e. The van der Waals surface area contributed by atoms with Crippen LogP contribution in [0.25, 0.3) is 0 Å². The van der Waals surface area contributed by atoms with Gasteiger partial charge in [0.15, 0.2) is 9.84 Å². The Morgan fingerprint density at radius 3 is 2.78 bits per heavy atom. The summed E-state index contributed by atoms with van der Waals surface area (Å²) in [5.41, 5.74) is 1.38. The average Bonchev–Trinajstić information content (AvgIpc) is 2.94. The van der Waals surface area contributed by atoms with Crippen molar-refractivity contribution in [2.45, 2.75) is 44.0 Å². The third-order valence-corrected chi connectivity index (χ3v) is 5.16. The van der Waals surface area contributed by atoms with Crippen LogP contribution in [-0.4, -0.2) is 38.2 Å². The van der Waals surface area contributed by atoms with Crippen molar-refractivity contribution in [2.75, 3.05) is 18.1 Å². The summed E-state index contributed by atoms with van der Waals surface area (Å²) < 4.78 is 23.4. The van der Waals surface area contributed by atoms with Gasteiger partial charge in [0.1, 0.15) is 0 Å². The van der Waals surface area contributed by atoms with Gasteiger partial charge in [0.2, 0.25) is 0 Å². The Bertz CT molecular complexity index is 711. The van der Waals surface area contributed by atoms with Gasteiger partial charge in [-0.3, -0.25) is 0 Å². The van der Waals surface area contributed by atoms with E-state index in [0.717, 1.165) is 31.1 Å². The molecule has 0 spiro atoms. The minimum atomic E-state index is -3.30. The molecule has 1 aromatic rings. The number of amides is 2. The first-order chi connectivity index (χ1) is 10.8. The van der Waals surface area contributed by atoms with E-state index in [4.69, 9.17) is 0 Å². The maximum atomic E-state index is 12.5. The number of unbranched alkanes of at least 4 members (excludes halogenated alkanes) is 1. The molecule has 1 unspecified atom stereocenters. The van der Waals surface area contributed by atoms with Crippen molar-refractivity contribution in [2.24, 2.45) is 0 Å². The second-order valence-corrected chi connectivity index (χ2v) is 7.98. The van der Waals surface area contributed by atoms with Gasteiger partial charge in [-0.2, -0.15) is 0 Å². The van der Waals surface area contributed by atoms with Crippen LogP contribution in [0.4, 0.5) is 10.5 Å². The van der Waals surface area contributed by atoms with Gasteiger partial charge >= 0.3 is 6.03 Å². The van der Waals surface area contributed by atoms with E-state index >= 15 is 0 Å². The number of nitrogens with one attached hydrogen (secondary N) is 1. The Morgan fingerprint density at radius 2 is 2.13 bits per heavy atom. The predicted octanol–water partition coefficient (Wildman–Crippen LogP) is 3.36. The van der Waals surface area contributed by atoms with Crippen molar-refractivity contribution in [1.82, 2.24) is 4.90 Å². The van der Waals surface area contributed by atoms with Gasteiger partial charge in [0.25, 0.3) is 0 Å². The molecule has 0 saturated carbocycles. The molecule has 1 aromatic carbocycles. The van der Waals surface area contributed by atoms with Crippen molar-refractivity contribution in [1.29, 1.82) is 0 Å². The van der Waals surface area contributed by atoms with E-state index in [-0.39, 0.29) is 17.0 Å². The summed E-state index contributed by atoms with van der Waals surface area (Å²) >= 11 is 0. The molecule has 6 heteroatoms. The molecule has 23 heavy (non-hydrogen) atoms. The second kappa shape index (κ2) is 7.17. The van der Waals surface area contributed by atoms with E-state index < -0.39 is 9.84 Å². The lowest BCUT2D eigenvalue weighted by Crippen LogP contribution is -2.39. The number of anilines is 1. The molecule has 1 atom stereocenters. The highest BCUT2D eigenvalue weighted by molar-refractivity contribution is 7.90. The fourth-order valence-electron chi connectivity index (χ4n) is 2.62. The minimum absolute atomic E-state index is 0.119. The van der Waals surface area contributed by atoms with E-state index in [1.807, 2.05) is 13.0 Å². The second-order valence-electron chi connectivity index (χ2n) is 5.97. The lowest BCUT2D eigenvalue weighted by atomic mass is 10.1. The van der Waals surface area contributed by atoms with E-state index in [2.05, 4.69) is 18.3 Å². The summed E-state index contributed by atoms with van der Waals surface area (Å²) in [7, 11) is -3.30. The zero-order valence-corrected chi connectivity index (χ0v) is 14.7. The van der Waals surface area contributed by atoms with Crippen molar-refractivity contribution in [3.8, 4) is 0 Å². The van der Waals surface area contributed by atoms with E-state index in [1.54, 1.807) is 17.0 Å². The SMILES string of the molecule is CCCCC1C=CCN1C(=O)Nc1cc(S(C)(=O)=O)ccc1C. The highest BCUT2D eigenvalue weighted by Crippen LogP contribution is 2.22. The first-order valence-corrected chi connectivity index (χ1v) is 9.77. The lowest BCUT2D eigenvalue weighted by Gasteiger charge is -2.25.